The van der Waals surface area contributed by atoms with Crippen molar-refractivity contribution >= 4 is 5.78 Å². The molecule has 0 amide bonds. The highest BCUT2D eigenvalue weighted by Crippen LogP contribution is 2.38. The van der Waals surface area contributed by atoms with Gasteiger partial charge in [-0.15, -0.1) is 0 Å². The number of carbonyl (C=O) groups excluding carboxylic acids is 1. The van der Waals surface area contributed by atoms with Crippen LogP contribution in [0.25, 0.3) is 0 Å². The summed E-state index contributed by atoms with van der Waals surface area (Å²) < 4.78 is 38.8. The third-order valence-electron chi connectivity index (χ3n) is 4.16. The quantitative estimate of drug-likeness (QED) is 0.827. The highest BCUT2D eigenvalue weighted by atomic mass is 19.4. The van der Waals surface area contributed by atoms with E-state index in [0.29, 0.717) is 25.2 Å². The number of alkyl halides is 3. The van der Waals surface area contributed by atoms with Gasteiger partial charge in [0.15, 0.2) is 0 Å². The van der Waals surface area contributed by atoms with Crippen molar-refractivity contribution in [3.63, 3.8) is 0 Å². The third kappa shape index (κ3) is 2.93. The SMILES string of the molecule is O=C1CCN(Cc2ccccc2)C2=CC(C(F)(F)F)=CCC12. The van der Waals surface area contributed by atoms with Gasteiger partial charge in [0.1, 0.15) is 5.78 Å². The maximum atomic E-state index is 12.9. The molecule has 22 heavy (non-hydrogen) atoms. The van der Waals surface area contributed by atoms with Gasteiger partial charge in [0, 0.05) is 25.2 Å². The summed E-state index contributed by atoms with van der Waals surface area (Å²) >= 11 is 0. The van der Waals surface area contributed by atoms with Crippen LogP contribution in [0.1, 0.15) is 18.4 Å². The van der Waals surface area contributed by atoms with Crippen LogP contribution >= 0.6 is 0 Å². The number of piperidine rings is 1. The second-order valence-corrected chi connectivity index (χ2v) is 5.64. The van der Waals surface area contributed by atoms with Crippen molar-refractivity contribution in [2.45, 2.75) is 25.6 Å². The van der Waals surface area contributed by atoms with Gasteiger partial charge in [0.05, 0.1) is 11.5 Å². The van der Waals surface area contributed by atoms with Gasteiger partial charge >= 0.3 is 6.18 Å². The van der Waals surface area contributed by atoms with Crippen LogP contribution in [0, 0.1) is 5.92 Å². The lowest BCUT2D eigenvalue weighted by atomic mass is 9.84. The van der Waals surface area contributed by atoms with E-state index in [9.17, 15) is 18.0 Å². The molecule has 1 unspecified atom stereocenters. The lowest BCUT2D eigenvalue weighted by molar-refractivity contribution is -0.124. The normalized spacial score (nSPS) is 22.0. The fourth-order valence-corrected chi connectivity index (χ4v) is 3.01. The molecule has 0 spiro atoms. The highest BCUT2D eigenvalue weighted by molar-refractivity contribution is 5.85. The van der Waals surface area contributed by atoms with Crippen molar-refractivity contribution in [3.8, 4) is 0 Å². The number of likely N-dealkylation sites (tertiary alicyclic amines) is 1. The summed E-state index contributed by atoms with van der Waals surface area (Å²) in [6, 6.07) is 9.58. The summed E-state index contributed by atoms with van der Waals surface area (Å²) in [7, 11) is 0. The molecule has 1 aliphatic carbocycles. The van der Waals surface area contributed by atoms with E-state index >= 15 is 0 Å². The number of ketones is 1. The van der Waals surface area contributed by atoms with Crippen molar-refractivity contribution in [2.24, 2.45) is 5.92 Å². The zero-order chi connectivity index (χ0) is 15.7. The smallest absolute Gasteiger partial charge is 0.369 e. The van der Waals surface area contributed by atoms with Gasteiger partial charge in [0.25, 0.3) is 0 Å². The average Bonchev–Trinajstić information content (AvgIpc) is 2.50. The Morgan fingerprint density at radius 2 is 1.91 bits per heavy atom. The van der Waals surface area contributed by atoms with E-state index in [1.165, 1.54) is 0 Å². The average molecular weight is 307 g/mol. The van der Waals surface area contributed by atoms with E-state index in [2.05, 4.69) is 0 Å². The predicted octanol–water partition coefficient (Wildman–Crippen LogP) is 3.85. The lowest BCUT2D eigenvalue weighted by Crippen LogP contribution is -2.39. The van der Waals surface area contributed by atoms with Crippen molar-refractivity contribution in [1.29, 1.82) is 0 Å². The fourth-order valence-electron chi connectivity index (χ4n) is 3.01. The Balaban J connectivity index is 1.89. The summed E-state index contributed by atoms with van der Waals surface area (Å²) in [5.74, 6) is -0.392. The number of hydrogen-bond donors (Lipinski definition) is 0. The first-order valence-corrected chi connectivity index (χ1v) is 7.25. The number of hydrogen-bond acceptors (Lipinski definition) is 2. The molecule has 5 heteroatoms. The number of rotatable bonds is 2. The molecule has 0 saturated carbocycles. The van der Waals surface area contributed by atoms with E-state index in [1.54, 1.807) is 0 Å². The number of allylic oxidation sites excluding steroid dienone is 4. The summed E-state index contributed by atoms with van der Waals surface area (Å²) in [4.78, 5) is 13.9. The molecule has 1 atom stereocenters. The Labute approximate surface area is 126 Å². The number of fused-ring (bicyclic) bond motifs is 1. The summed E-state index contributed by atoms with van der Waals surface area (Å²) in [5, 5.41) is 0. The minimum absolute atomic E-state index is 0.0352. The second kappa shape index (κ2) is 5.63. The van der Waals surface area contributed by atoms with Gasteiger partial charge in [-0.2, -0.15) is 13.2 Å². The summed E-state index contributed by atoms with van der Waals surface area (Å²) in [6.45, 7) is 1.00. The molecule has 1 aromatic carbocycles. The Morgan fingerprint density at radius 3 is 2.59 bits per heavy atom. The zero-order valence-corrected chi connectivity index (χ0v) is 11.9. The molecule has 1 aliphatic heterocycles. The summed E-state index contributed by atoms with van der Waals surface area (Å²) in [6.07, 6.45) is -1.54. The standard InChI is InChI=1S/C17H16F3NO/c18-17(19,20)13-6-7-14-15(10-13)21(9-8-16(14)22)11-12-4-2-1-3-5-12/h1-6,10,14H,7-9,11H2. The van der Waals surface area contributed by atoms with Crippen molar-refractivity contribution in [2.75, 3.05) is 6.54 Å². The Hall–Kier alpha value is -2.04. The fraction of sp³-hybridized carbons (Fsp3) is 0.353. The number of nitrogens with zero attached hydrogens (tertiary/aromatic N) is 1. The third-order valence-corrected chi connectivity index (χ3v) is 4.16. The Bertz CT molecular complexity index is 631. The van der Waals surface area contributed by atoms with E-state index in [4.69, 9.17) is 0 Å². The van der Waals surface area contributed by atoms with E-state index < -0.39 is 17.7 Å². The molecule has 0 N–H and O–H groups in total. The predicted molar refractivity (Wildman–Crippen MR) is 76.8 cm³/mol. The van der Waals surface area contributed by atoms with Crippen LogP contribution in [-0.4, -0.2) is 23.4 Å². The molecule has 116 valence electrons. The Morgan fingerprint density at radius 1 is 1.18 bits per heavy atom. The van der Waals surface area contributed by atoms with Gasteiger partial charge in [0.2, 0.25) is 0 Å². The molecule has 3 rings (SSSR count). The van der Waals surface area contributed by atoms with Crippen molar-refractivity contribution < 1.29 is 18.0 Å². The number of carbonyl (C=O) groups is 1. The second-order valence-electron chi connectivity index (χ2n) is 5.64. The van der Waals surface area contributed by atoms with Crippen LogP contribution in [0.4, 0.5) is 13.2 Å². The van der Waals surface area contributed by atoms with Crippen LogP contribution in [0.3, 0.4) is 0 Å². The van der Waals surface area contributed by atoms with Crippen molar-refractivity contribution in [1.82, 2.24) is 4.90 Å². The summed E-state index contributed by atoms with van der Waals surface area (Å²) in [5.41, 5.74) is 0.890. The largest absolute Gasteiger partial charge is 0.416 e. The van der Waals surface area contributed by atoms with Gasteiger partial charge in [-0.3, -0.25) is 4.79 Å². The molecule has 0 bridgehead atoms. The number of Topliss-reactive ketones (excluding diaryl/α,β-unsaturated/α-hetero) is 1. The molecule has 1 aromatic rings. The molecular formula is C17H16F3NO. The molecular weight excluding hydrogens is 291 g/mol. The number of halogens is 3. The van der Waals surface area contributed by atoms with Crippen LogP contribution in [-0.2, 0) is 11.3 Å². The van der Waals surface area contributed by atoms with Gasteiger partial charge < -0.3 is 4.90 Å². The number of benzene rings is 1. The zero-order valence-electron chi connectivity index (χ0n) is 11.9. The van der Waals surface area contributed by atoms with Crippen LogP contribution < -0.4 is 0 Å². The first-order valence-electron chi connectivity index (χ1n) is 7.25. The van der Waals surface area contributed by atoms with E-state index in [1.807, 2.05) is 35.2 Å². The Kier molecular flexibility index (Phi) is 3.81. The van der Waals surface area contributed by atoms with E-state index in [0.717, 1.165) is 17.7 Å². The molecule has 0 aromatic heterocycles. The highest BCUT2D eigenvalue weighted by Gasteiger charge is 2.39. The van der Waals surface area contributed by atoms with Crippen LogP contribution in [0.2, 0.25) is 0 Å². The van der Waals surface area contributed by atoms with Gasteiger partial charge in [-0.1, -0.05) is 36.4 Å². The minimum Gasteiger partial charge on any atom is -0.369 e. The molecule has 1 heterocycles. The topological polar surface area (TPSA) is 20.3 Å². The monoisotopic (exact) mass is 307 g/mol. The molecule has 2 nitrogen and oxygen atoms in total. The first-order chi connectivity index (χ1) is 10.4. The first kappa shape index (κ1) is 14.9. The maximum Gasteiger partial charge on any atom is 0.416 e. The lowest BCUT2D eigenvalue weighted by Gasteiger charge is -2.38. The minimum atomic E-state index is -4.36. The molecule has 2 aliphatic rings. The van der Waals surface area contributed by atoms with Crippen LogP contribution in [0.5, 0.6) is 0 Å². The molecule has 0 radical (unpaired) electrons. The van der Waals surface area contributed by atoms with Gasteiger partial charge in [-0.25, -0.2) is 0 Å². The maximum absolute atomic E-state index is 12.9. The van der Waals surface area contributed by atoms with E-state index in [-0.39, 0.29) is 12.2 Å². The van der Waals surface area contributed by atoms with Crippen molar-refractivity contribution in [3.05, 3.63) is 59.3 Å². The molecule has 1 fully saturated rings. The van der Waals surface area contributed by atoms with Crippen LogP contribution in [0.15, 0.2) is 53.8 Å². The van der Waals surface area contributed by atoms with Gasteiger partial charge in [-0.05, 0) is 18.1 Å². The molecule has 1 saturated heterocycles.